The van der Waals surface area contributed by atoms with Gasteiger partial charge in [-0.1, -0.05) is 13.8 Å². The van der Waals surface area contributed by atoms with Crippen molar-refractivity contribution in [2.24, 2.45) is 0 Å². The Bertz CT molecular complexity index is 762. The summed E-state index contributed by atoms with van der Waals surface area (Å²) >= 11 is 1.70. The van der Waals surface area contributed by atoms with E-state index < -0.39 is 0 Å². The molecule has 1 N–H and O–H groups in total. The van der Waals surface area contributed by atoms with Gasteiger partial charge in [0.15, 0.2) is 0 Å². The molecule has 2 aromatic rings. The van der Waals surface area contributed by atoms with E-state index in [2.05, 4.69) is 29.1 Å². The topological polar surface area (TPSA) is 58.1 Å². The molecule has 0 bridgehead atoms. The Morgan fingerprint density at radius 1 is 1.32 bits per heavy atom. The number of carbonyl (C=O) groups excluding carboxylic acids is 1. The van der Waals surface area contributed by atoms with Crippen LogP contribution < -0.4 is 10.2 Å². The third-order valence-electron chi connectivity index (χ3n) is 4.02. The summed E-state index contributed by atoms with van der Waals surface area (Å²) in [5.41, 5.74) is 3.90. The molecule has 1 atom stereocenters. The lowest BCUT2D eigenvalue weighted by Crippen LogP contribution is -2.44. The third-order valence-corrected chi connectivity index (χ3v) is 5.12. The molecule has 6 heteroatoms. The van der Waals surface area contributed by atoms with E-state index in [4.69, 9.17) is 0 Å². The first kappa shape index (κ1) is 13.6. The van der Waals surface area contributed by atoms with Crippen molar-refractivity contribution in [3.63, 3.8) is 0 Å². The number of thioether (sulfide) groups is 1. The maximum Gasteiger partial charge on any atom is 0.327 e. The standard InChI is InChI=1S/C16H16N4OS/c1-9(2)11-7-10(3-5-17-11)20-13-4-6-18-15-14(13)12(8-22-15)19-16(20)21/h3-7,9,12H,8H2,1-2H3,(H,19,21). The highest BCUT2D eigenvalue weighted by Gasteiger charge is 2.37. The fourth-order valence-electron chi connectivity index (χ4n) is 2.91. The highest BCUT2D eigenvalue weighted by Crippen LogP contribution is 2.46. The van der Waals surface area contributed by atoms with Crippen LogP contribution in [-0.2, 0) is 0 Å². The van der Waals surface area contributed by atoms with E-state index in [-0.39, 0.29) is 12.1 Å². The first-order valence-electron chi connectivity index (χ1n) is 7.33. The van der Waals surface area contributed by atoms with Gasteiger partial charge in [-0.3, -0.25) is 9.88 Å². The molecular formula is C16H16N4OS. The number of carbonyl (C=O) groups is 1. The minimum atomic E-state index is -0.0851. The molecule has 0 fully saturated rings. The molecule has 0 saturated carbocycles. The van der Waals surface area contributed by atoms with Gasteiger partial charge < -0.3 is 5.32 Å². The Labute approximate surface area is 133 Å². The molecule has 0 aromatic carbocycles. The Hall–Kier alpha value is -2.08. The second kappa shape index (κ2) is 4.98. The molecule has 4 heterocycles. The minimum absolute atomic E-state index is 0.0684. The van der Waals surface area contributed by atoms with E-state index in [1.165, 1.54) is 0 Å². The molecule has 4 rings (SSSR count). The second-order valence-corrected chi connectivity index (χ2v) is 6.80. The summed E-state index contributed by atoms with van der Waals surface area (Å²) in [6, 6.07) is 5.77. The van der Waals surface area contributed by atoms with Crippen LogP contribution in [0.4, 0.5) is 16.2 Å². The maximum absolute atomic E-state index is 12.6. The van der Waals surface area contributed by atoms with Crippen LogP contribution in [0.25, 0.3) is 0 Å². The highest BCUT2D eigenvalue weighted by molar-refractivity contribution is 7.99. The Morgan fingerprint density at radius 2 is 2.14 bits per heavy atom. The SMILES string of the molecule is CC(C)c1cc(N2C(=O)NC3CSc4nccc2c43)ccn1. The molecule has 2 aliphatic heterocycles. The number of rotatable bonds is 2. The molecule has 2 aliphatic rings. The maximum atomic E-state index is 12.6. The summed E-state index contributed by atoms with van der Waals surface area (Å²) in [5, 5.41) is 4.10. The molecule has 112 valence electrons. The van der Waals surface area contributed by atoms with E-state index in [1.807, 2.05) is 18.2 Å². The monoisotopic (exact) mass is 312 g/mol. The van der Waals surface area contributed by atoms with Crippen LogP contribution in [0.2, 0.25) is 0 Å². The van der Waals surface area contributed by atoms with Crippen molar-refractivity contribution in [1.82, 2.24) is 15.3 Å². The van der Waals surface area contributed by atoms with Crippen molar-refractivity contribution in [2.45, 2.75) is 30.8 Å². The van der Waals surface area contributed by atoms with Gasteiger partial charge in [0.1, 0.15) is 5.03 Å². The lowest BCUT2D eigenvalue weighted by molar-refractivity contribution is 0.244. The summed E-state index contributed by atoms with van der Waals surface area (Å²) in [5.74, 6) is 1.17. The average molecular weight is 312 g/mol. The zero-order valence-corrected chi connectivity index (χ0v) is 13.2. The smallest absolute Gasteiger partial charge is 0.327 e. The molecule has 5 nitrogen and oxygen atoms in total. The van der Waals surface area contributed by atoms with Gasteiger partial charge in [0.05, 0.1) is 17.4 Å². The zero-order valence-electron chi connectivity index (χ0n) is 12.4. The van der Waals surface area contributed by atoms with Gasteiger partial charge in [-0.15, -0.1) is 11.8 Å². The number of nitrogens with one attached hydrogen (secondary N) is 1. The Kier molecular flexibility index (Phi) is 3.07. The predicted molar refractivity (Wildman–Crippen MR) is 86.7 cm³/mol. The highest BCUT2D eigenvalue weighted by atomic mass is 32.2. The van der Waals surface area contributed by atoms with Gasteiger partial charge in [-0.25, -0.2) is 9.78 Å². The number of anilines is 2. The summed E-state index contributed by atoms with van der Waals surface area (Å²) in [4.78, 5) is 23.1. The van der Waals surface area contributed by atoms with E-state index >= 15 is 0 Å². The molecule has 1 unspecified atom stereocenters. The second-order valence-electron chi connectivity index (χ2n) is 5.79. The lowest BCUT2D eigenvalue weighted by atomic mass is 10.0. The molecule has 2 aromatic heterocycles. The fraction of sp³-hybridized carbons (Fsp3) is 0.312. The van der Waals surface area contributed by atoms with E-state index in [9.17, 15) is 4.79 Å². The van der Waals surface area contributed by atoms with Crippen LogP contribution in [-0.4, -0.2) is 21.8 Å². The molecule has 22 heavy (non-hydrogen) atoms. The summed E-state index contributed by atoms with van der Waals surface area (Å²) in [6.07, 6.45) is 3.54. The Morgan fingerprint density at radius 3 is 2.95 bits per heavy atom. The number of hydrogen-bond donors (Lipinski definition) is 1. The van der Waals surface area contributed by atoms with Gasteiger partial charge in [0.25, 0.3) is 0 Å². The van der Waals surface area contributed by atoms with Crippen molar-refractivity contribution >= 4 is 29.2 Å². The average Bonchev–Trinajstić information content (AvgIpc) is 2.92. The van der Waals surface area contributed by atoms with E-state index in [0.29, 0.717) is 5.92 Å². The zero-order chi connectivity index (χ0) is 15.3. The van der Waals surface area contributed by atoms with E-state index in [0.717, 1.165) is 33.4 Å². The molecule has 2 amide bonds. The predicted octanol–water partition coefficient (Wildman–Crippen LogP) is 3.61. The van der Waals surface area contributed by atoms with Crippen molar-refractivity contribution < 1.29 is 4.79 Å². The lowest BCUT2D eigenvalue weighted by Gasteiger charge is -2.32. The first-order chi connectivity index (χ1) is 10.6. The molecule has 0 aliphatic carbocycles. The van der Waals surface area contributed by atoms with Crippen molar-refractivity contribution in [3.8, 4) is 0 Å². The Balaban J connectivity index is 1.86. The van der Waals surface area contributed by atoms with Crippen LogP contribution in [0.5, 0.6) is 0 Å². The summed E-state index contributed by atoms with van der Waals surface area (Å²) < 4.78 is 0. The number of amides is 2. The largest absolute Gasteiger partial charge is 0.330 e. The summed E-state index contributed by atoms with van der Waals surface area (Å²) in [6.45, 7) is 4.19. The van der Waals surface area contributed by atoms with Crippen LogP contribution in [0, 0.1) is 0 Å². The van der Waals surface area contributed by atoms with Crippen molar-refractivity contribution in [2.75, 3.05) is 10.7 Å². The van der Waals surface area contributed by atoms with Crippen molar-refractivity contribution in [3.05, 3.63) is 41.9 Å². The number of hydrogen-bond acceptors (Lipinski definition) is 4. The number of urea groups is 1. The molecule has 0 radical (unpaired) electrons. The molecule has 0 spiro atoms. The molecular weight excluding hydrogens is 296 g/mol. The normalized spacial score (nSPS) is 19.3. The van der Waals surface area contributed by atoms with Gasteiger partial charge >= 0.3 is 6.03 Å². The van der Waals surface area contributed by atoms with Gasteiger partial charge in [-0.05, 0) is 24.1 Å². The van der Waals surface area contributed by atoms with Crippen LogP contribution in [0.15, 0.2) is 35.6 Å². The van der Waals surface area contributed by atoms with Gasteiger partial charge in [0.2, 0.25) is 0 Å². The van der Waals surface area contributed by atoms with Gasteiger partial charge in [0, 0.05) is 29.4 Å². The molecule has 0 saturated heterocycles. The van der Waals surface area contributed by atoms with E-state index in [1.54, 1.807) is 29.1 Å². The summed E-state index contributed by atoms with van der Waals surface area (Å²) in [7, 11) is 0. The fourth-order valence-corrected chi connectivity index (χ4v) is 4.02. The van der Waals surface area contributed by atoms with Gasteiger partial charge in [-0.2, -0.15) is 0 Å². The first-order valence-corrected chi connectivity index (χ1v) is 8.32. The van der Waals surface area contributed by atoms with Crippen molar-refractivity contribution in [1.29, 1.82) is 0 Å². The van der Waals surface area contributed by atoms with Crippen LogP contribution >= 0.6 is 11.8 Å². The quantitative estimate of drug-likeness (QED) is 0.920. The number of nitrogens with zero attached hydrogens (tertiary/aromatic N) is 3. The van der Waals surface area contributed by atoms with Crippen LogP contribution in [0.1, 0.15) is 37.1 Å². The van der Waals surface area contributed by atoms with Crippen LogP contribution in [0.3, 0.4) is 0 Å². The third kappa shape index (κ3) is 1.98. The number of pyridine rings is 2. The number of aromatic nitrogens is 2. The minimum Gasteiger partial charge on any atom is -0.330 e.